The minimum absolute atomic E-state index is 0.186. The van der Waals surface area contributed by atoms with Gasteiger partial charge in [0.05, 0.1) is 11.4 Å². The Kier molecular flexibility index (Phi) is 4.59. The molecule has 0 saturated carbocycles. The number of amides is 1. The molecule has 6 nitrogen and oxygen atoms in total. The summed E-state index contributed by atoms with van der Waals surface area (Å²) in [5.74, 6) is -0.186. The van der Waals surface area contributed by atoms with Gasteiger partial charge in [0.25, 0.3) is 5.91 Å². The molecule has 0 radical (unpaired) electrons. The summed E-state index contributed by atoms with van der Waals surface area (Å²) in [6, 6.07) is 8.06. The Balaban J connectivity index is 1.78. The zero-order chi connectivity index (χ0) is 18.1. The average molecular weight is 355 g/mol. The largest absolute Gasteiger partial charge is 0.397 e. The molecule has 0 aliphatic rings. The van der Waals surface area contributed by atoms with E-state index < -0.39 is 0 Å². The molecule has 0 unspecified atom stereocenters. The maximum atomic E-state index is 12.5. The van der Waals surface area contributed by atoms with Crippen LogP contribution in [0.5, 0.6) is 0 Å². The first kappa shape index (κ1) is 17.2. The summed E-state index contributed by atoms with van der Waals surface area (Å²) in [6.45, 7) is 4.28. The van der Waals surface area contributed by atoms with Gasteiger partial charge in [-0.25, -0.2) is 0 Å². The number of anilines is 2. The van der Waals surface area contributed by atoms with Gasteiger partial charge in [-0.05, 0) is 37.1 Å². The minimum atomic E-state index is -0.186. The maximum Gasteiger partial charge on any atom is 0.263 e. The van der Waals surface area contributed by atoms with Gasteiger partial charge in [-0.15, -0.1) is 16.4 Å². The van der Waals surface area contributed by atoms with Crippen LogP contribution in [-0.2, 0) is 6.54 Å². The molecule has 2 heterocycles. The lowest BCUT2D eigenvalue weighted by atomic mass is 10.1. The van der Waals surface area contributed by atoms with Crippen LogP contribution in [0.15, 0.2) is 24.3 Å². The molecule has 0 bridgehead atoms. The van der Waals surface area contributed by atoms with E-state index in [0.29, 0.717) is 21.9 Å². The van der Waals surface area contributed by atoms with E-state index in [2.05, 4.69) is 15.5 Å². The van der Waals surface area contributed by atoms with Gasteiger partial charge in [0.1, 0.15) is 9.71 Å². The van der Waals surface area contributed by atoms with Gasteiger partial charge in [-0.1, -0.05) is 12.1 Å². The van der Waals surface area contributed by atoms with E-state index in [1.54, 1.807) is 0 Å². The quantitative estimate of drug-likeness (QED) is 0.752. The van der Waals surface area contributed by atoms with Crippen LogP contribution < -0.4 is 16.0 Å². The summed E-state index contributed by atoms with van der Waals surface area (Å²) in [5, 5.41) is 12.0. The molecule has 1 amide bonds. The second-order valence-electron chi connectivity index (χ2n) is 6.18. The monoisotopic (exact) mass is 355 g/mol. The van der Waals surface area contributed by atoms with Gasteiger partial charge in [-0.2, -0.15) is 5.10 Å². The number of aryl methyl sites for hydroxylation is 2. The smallest absolute Gasteiger partial charge is 0.263 e. The first-order valence-corrected chi connectivity index (χ1v) is 8.76. The van der Waals surface area contributed by atoms with E-state index in [1.165, 1.54) is 11.3 Å². The lowest BCUT2D eigenvalue weighted by Crippen LogP contribution is -2.22. The highest BCUT2D eigenvalue weighted by atomic mass is 32.1. The third-order valence-corrected chi connectivity index (χ3v) is 5.34. The van der Waals surface area contributed by atoms with Gasteiger partial charge in [0, 0.05) is 31.7 Å². The average Bonchev–Trinajstić information content (AvgIpc) is 2.94. The molecule has 0 aliphatic heterocycles. The van der Waals surface area contributed by atoms with Crippen molar-refractivity contribution in [2.75, 3.05) is 24.7 Å². The number of aromatic nitrogens is 2. The number of nitrogens with one attached hydrogen (secondary N) is 1. The summed E-state index contributed by atoms with van der Waals surface area (Å²) in [4.78, 5) is 15.8. The van der Waals surface area contributed by atoms with Crippen molar-refractivity contribution in [1.82, 2.24) is 15.5 Å². The number of hydrogen-bond donors (Lipinski definition) is 2. The third-order valence-electron chi connectivity index (χ3n) is 4.25. The predicted molar refractivity (Wildman–Crippen MR) is 103 cm³/mol. The van der Waals surface area contributed by atoms with Gasteiger partial charge in [0.2, 0.25) is 0 Å². The molecule has 0 spiro atoms. The molecule has 3 N–H and O–H groups in total. The van der Waals surface area contributed by atoms with Crippen LogP contribution in [0, 0.1) is 13.8 Å². The Bertz CT molecular complexity index is 931. The molecule has 130 valence electrons. The Labute approximate surface area is 150 Å². The van der Waals surface area contributed by atoms with Crippen LogP contribution in [0.2, 0.25) is 0 Å². The van der Waals surface area contributed by atoms with Crippen molar-refractivity contribution >= 4 is 38.8 Å². The van der Waals surface area contributed by atoms with Crippen LogP contribution in [0.25, 0.3) is 10.2 Å². The maximum absolute atomic E-state index is 12.5. The zero-order valence-electron chi connectivity index (χ0n) is 14.8. The Morgan fingerprint density at radius 2 is 1.88 bits per heavy atom. The molecule has 0 atom stereocenters. The molecule has 2 aromatic heterocycles. The van der Waals surface area contributed by atoms with Crippen molar-refractivity contribution in [3.63, 3.8) is 0 Å². The normalized spacial score (nSPS) is 10.9. The number of fused-ring (bicyclic) bond motifs is 1. The van der Waals surface area contributed by atoms with Crippen LogP contribution in [0.4, 0.5) is 11.4 Å². The van der Waals surface area contributed by atoms with Gasteiger partial charge < -0.3 is 16.0 Å². The third kappa shape index (κ3) is 3.28. The highest BCUT2D eigenvalue weighted by Crippen LogP contribution is 2.34. The number of nitrogens with zero attached hydrogens (tertiary/aromatic N) is 3. The summed E-state index contributed by atoms with van der Waals surface area (Å²) in [7, 11) is 3.99. The number of nitrogens with two attached hydrogens (primary N) is 1. The Morgan fingerprint density at radius 1 is 1.20 bits per heavy atom. The molecule has 25 heavy (non-hydrogen) atoms. The lowest BCUT2D eigenvalue weighted by molar-refractivity contribution is 0.0956. The number of hydrogen-bond acceptors (Lipinski definition) is 6. The van der Waals surface area contributed by atoms with E-state index >= 15 is 0 Å². The molecular formula is C18H21N5OS. The first-order chi connectivity index (χ1) is 11.9. The highest BCUT2D eigenvalue weighted by molar-refractivity contribution is 7.21. The molecule has 3 rings (SSSR count). The van der Waals surface area contributed by atoms with Gasteiger partial charge in [-0.3, -0.25) is 4.79 Å². The molecule has 0 aliphatic carbocycles. The second kappa shape index (κ2) is 6.68. The molecule has 1 aromatic carbocycles. The number of nitrogen functional groups attached to an aromatic ring is 1. The van der Waals surface area contributed by atoms with E-state index in [0.717, 1.165) is 27.9 Å². The zero-order valence-corrected chi connectivity index (χ0v) is 15.6. The number of carbonyl (C=O) groups excluding carboxylic acids is 1. The fourth-order valence-corrected chi connectivity index (χ4v) is 3.60. The SMILES string of the molecule is Cc1nnc2sc(C(=O)NCc3ccc(N(C)C)cc3)c(N)c2c1C. The molecular weight excluding hydrogens is 334 g/mol. The summed E-state index contributed by atoms with van der Waals surface area (Å²) in [6.07, 6.45) is 0. The molecule has 0 saturated heterocycles. The number of rotatable bonds is 4. The fraction of sp³-hybridized carbons (Fsp3) is 0.278. The second-order valence-corrected chi connectivity index (χ2v) is 7.18. The molecule has 3 aromatic rings. The lowest BCUT2D eigenvalue weighted by Gasteiger charge is -2.12. The van der Waals surface area contributed by atoms with Crippen molar-refractivity contribution in [2.45, 2.75) is 20.4 Å². The van der Waals surface area contributed by atoms with Crippen LogP contribution in [-0.4, -0.2) is 30.2 Å². The summed E-state index contributed by atoms with van der Waals surface area (Å²) in [5.41, 5.74) is 10.6. The highest BCUT2D eigenvalue weighted by Gasteiger charge is 2.19. The Morgan fingerprint density at radius 3 is 2.52 bits per heavy atom. The van der Waals surface area contributed by atoms with E-state index in [4.69, 9.17) is 5.73 Å². The van der Waals surface area contributed by atoms with Crippen molar-refractivity contribution in [2.24, 2.45) is 0 Å². The minimum Gasteiger partial charge on any atom is -0.397 e. The standard InChI is InChI=1S/C18H21N5OS/c1-10-11(2)21-22-18-14(10)15(19)16(25-18)17(24)20-9-12-5-7-13(8-6-12)23(3)4/h5-8H,9,19H2,1-4H3,(H,20,24). The first-order valence-electron chi connectivity index (χ1n) is 7.94. The predicted octanol–water partition coefficient (Wildman–Crippen LogP) is 2.89. The van der Waals surface area contributed by atoms with E-state index in [-0.39, 0.29) is 5.91 Å². The number of thiophene rings is 1. The summed E-state index contributed by atoms with van der Waals surface area (Å²) >= 11 is 1.28. The van der Waals surface area contributed by atoms with Crippen molar-refractivity contribution < 1.29 is 4.79 Å². The summed E-state index contributed by atoms with van der Waals surface area (Å²) < 4.78 is 0. The van der Waals surface area contributed by atoms with Crippen LogP contribution in [0.1, 0.15) is 26.5 Å². The van der Waals surface area contributed by atoms with E-state index in [1.807, 2.05) is 57.1 Å². The van der Waals surface area contributed by atoms with Crippen LogP contribution in [0.3, 0.4) is 0 Å². The fourth-order valence-electron chi connectivity index (χ4n) is 2.58. The van der Waals surface area contributed by atoms with Crippen molar-refractivity contribution in [3.8, 4) is 0 Å². The molecule has 7 heteroatoms. The van der Waals surface area contributed by atoms with Gasteiger partial charge in [0.15, 0.2) is 0 Å². The Hall–Kier alpha value is -2.67. The van der Waals surface area contributed by atoms with E-state index in [9.17, 15) is 4.79 Å². The molecule has 0 fully saturated rings. The van der Waals surface area contributed by atoms with Crippen LogP contribution >= 0.6 is 11.3 Å². The van der Waals surface area contributed by atoms with Crippen molar-refractivity contribution in [1.29, 1.82) is 0 Å². The van der Waals surface area contributed by atoms with Gasteiger partial charge >= 0.3 is 0 Å². The number of benzene rings is 1. The van der Waals surface area contributed by atoms with Crippen molar-refractivity contribution in [3.05, 3.63) is 46.0 Å². The number of carbonyl (C=O) groups is 1. The topological polar surface area (TPSA) is 84.1 Å².